The number of amides is 2. The lowest BCUT2D eigenvalue weighted by Crippen LogP contribution is -2.46. The van der Waals surface area contributed by atoms with E-state index in [1.165, 1.54) is 0 Å². The van der Waals surface area contributed by atoms with Gasteiger partial charge in [-0.1, -0.05) is 19.0 Å². The van der Waals surface area contributed by atoms with Gasteiger partial charge >= 0.3 is 0 Å². The maximum atomic E-state index is 11.6. The van der Waals surface area contributed by atoms with Gasteiger partial charge in [-0.05, 0) is 5.53 Å². The van der Waals surface area contributed by atoms with Gasteiger partial charge in [0, 0.05) is 36.4 Å². The fourth-order valence-corrected chi connectivity index (χ4v) is 1.22. The van der Waals surface area contributed by atoms with Crippen LogP contribution in [0.2, 0.25) is 0 Å². The first kappa shape index (κ1) is 18.2. The molecule has 0 saturated heterocycles. The number of aliphatic hydroxyl groups is 2. The van der Waals surface area contributed by atoms with Crippen molar-refractivity contribution in [2.45, 2.75) is 26.4 Å². The molecule has 0 heterocycles. The quantitative estimate of drug-likeness (QED) is 0.192. The Morgan fingerprint density at radius 2 is 2.00 bits per heavy atom. The number of aliphatic hydroxyl groups excluding tert-OH is 2. The Hall–Kier alpha value is -1.83. The molecule has 0 aliphatic carbocycles. The van der Waals surface area contributed by atoms with Gasteiger partial charge in [0.2, 0.25) is 11.8 Å². The highest BCUT2D eigenvalue weighted by Crippen LogP contribution is 2.19. The van der Waals surface area contributed by atoms with Crippen LogP contribution in [0.4, 0.5) is 0 Å². The predicted molar refractivity (Wildman–Crippen MR) is 71.5 cm³/mol. The number of rotatable bonds is 9. The van der Waals surface area contributed by atoms with Gasteiger partial charge in [-0.25, -0.2) is 0 Å². The Balaban J connectivity index is 3.91. The second-order valence-electron chi connectivity index (χ2n) is 4.89. The summed E-state index contributed by atoms with van der Waals surface area (Å²) >= 11 is 0. The monoisotopic (exact) mass is 287 g/mol. The molecule has 1 atom stereocenters. The number of hydrogen-bond donors (Lipinski definition) is 4. The molecule has 0 aromatic heterocycles. The molecule has 0 saturated carbocycles. The van der Waals surface area contributed by atoms with Crippen LogP contribution in [0, 0.1) is 5.41 Å². The van der Waals surface area contributed by atoms with E-state index >= 15 is 0 Å². The van der Waals surface area contributed by atoms with E-state index in [1.54, 1.807) is 13.8 Å². The summed E-state index contributed by atoms with van der Waals surface area (Å²) in [6.07, 6.45) is -1.30. The van der Waals surface area contributed by atoms with Gasteiger partial charge in [0.05, 0.1) is 6.61 Å². The topological polar surface area (TPSA) is 147 Å². The van der Waals surface area contributed by atoms with Crippen molar-refractivity contribution in [1.29, 1.82) is 0 Å². The Morgan fingerprint density at radius 1 is 1.35 bits per heavy atom. The Morgan fingerprint density at radius 3 is 2.55 bits per heavy atom. The molecule has 0 radical (unpaired) electrons. The van der Waals surface area contributed by atoms with E-state index in [0.717, 1.165) is 0 Å². The molecule has 20 heavy (non-hydrogen) atoms. The van der Waals surface area contributed by atoms with Crippen LogP contribution in [0.15, 0.2) is 5.11 Å². The summed E-state index contributed by atoms with van der Waals surface area (Å²) < 4.78 is 0. The molecule has 0 bridgehead atoms. The van der Waals surface area contributed by atoms with Gasteiger partial charge in [-0.15, -0.1) is 0 Å². The van der Waals surface area contributed by atoms with Crippen LogP contribution in [0.3, 0.4) is 0 Å². The van der Waals surface area contributed by atoms with Crippen molar-refractivity contribution in [3.8, 4) is 0 Å². The summed E-state index contributed by atoms with van der Waals surface area (Å²) in [5, 5.41) is 26.9. The molecule has 0 aliphatic heterocycles. The van der Waals surface area contributed by atoms with E-state index in [0.29, 0.717) is 0 Å². The molecule has 2 amide bonds. The molecule has 0 rings (SSSR count). The minimum Gasteiger partial charge on any atom is -0.396 e. The number of azide groups is 1. The largest absolute Gasteiger partial charge is 0.396 e. The number of carbonyl (C=O) groups is 2. The van der Waals surface area contributed by atoms with Crippen molar-refractivity contribution in [2.24, 2.45) is 10.5 Å². The lowest BCUT2D eigenvalue weighted by Gasteiger charge is -2.27. The van der Waals surface area contributed by atoms with Gasteiger partial charge in [0.25, 0.3) is 0 Å². The van der Waals surface area contributed by atoms with Crippen molar-refractivity contribution < 1.29 is 19.8 Å². The summed E-state index contributed by atoms with van der Waals surface area (Å²) in [5.41, 5.74) is 7.09. The van der Waals surface area contributed by atoms with Gasteiger partial charge < -0.3 is 20.8 Å². The minimum absolute atomic E-state index is 0.0499. The van der Waals surface area contributed by atoms with Crippen molar-refractivity contribution in [3.63, 3.8) is 0 Å². The highest BCUT2D eigenvalue weighted by Gasteiger charge is 2.32. The highest BCUT2D eigenvalue weighted by molar-refractivity contribution is 5.82. The average Bonchev–Trinajstić information content (AvgIpc) is 2.42. The standard InChI is InChI=1S/C11H21N5O4/c1-11(2,7-17)9(19)10(20)14-4-3-8(18)13-5-6-15-16-12/h9,17,19H,3-7H2,1-2H3,(H,13,18)(H,14,20). The van der Waals surface area contributed by atoms with Gasteiger partial charge in [0.15, 0.2) is 0 Å². The van der Waals surface area contributed by atoms with E-state index in [1.807, 2.05) is 0 Å². The third kappa shape index (κ3) is 6.93. The first-order chi connectivity index (χ1) is 9.35. The first-order valence-electron chi connectivity index (χ1n) is 6.19. The molecule has 9 nitrogen and oxygen atoms in total. The van der Waals surface area contributed by atoms with Crippen LogP contribution in [0.5, 0.6) is 0 Å². The van der Waals surface area contributed by atoms with Gasteiger partial charge in [-0.2, -0.15) is 0 Å². The zero-order valence-electron chi connectivity index (χ0n) is 11.7. The number of hydrogen-bond acceptors (Lipinski definition) is 5. The highest BCUT2D eigenvalue weighted by atomic mass is 16.3. The molecule has 0 fully saturated rings. The fourth-order valence-electron chi connectivity index (χ4n) is 1.22. The lowest BCUT2D eigenvalue weighted by molar-refractivity contribution is -0.137. The van der Waals surface area contributed by atoms with Crippen LogP contribution in [0.1, 0.15) is 20.3 Å². The summed E-state index contributed by atoms with van der Waals surface area (Å²) in [6.45, 7) is 3.25. The summed E-state index contributed by atoms with van der Waals surface area (Å²) in [4.78, 5) is 25.4. The zero-order valence-corrected chi connectivity index (χ0v) is 11.7. The van der Waals surface area contributed by atoms with Crippen LogP contribution < -0.4 is 10.6 Å². The summed E-state index contributed by atoms with van der Waals surface area (Å²) in [7, 11) is 0. The minimum atomic E-state index is -1.35. The normalized spacial score (nSPS) is 12.2. The Kier molecular flexibility index (Phi) is 8.30. The fraction of sp³-hybridized carbons (Fsp3) is 0.818. The maximum Gasteiger partial charge on any atom is 0.249 e. The molecule has 114 valence electrons. The van der Waals surface area contributed by atoms with E-state index in [9.17, 15) is 14.7 Å². The van der Waals surface area contributed by atoms with Crippen LogP contribution in [-0.4, -0.2) is 54.4 Å². The van der Waals surface area contributed by atoms with E-state index in [4.69, 9.17) is 10.6 Å². The molecule has 0 aromatic rings. The van der Waals surface area contributed by atoms with Crippen molar-refractivity contribution in [3.05, 3.63) is 10.4 Å². The molecular weight excluding hydrogens is 266 g/mol. The molecular formula is C11H21N5O4. The second kappa shape index (κ2) is 9.13. The zero-order chi connectivity index (χ0) is 15.6. The van der Waals surface area contributed by atoms with Gasteiger partial charge in [0.1, 0.15) is 6.10 Å². The third-order valence-corrected chi connectivity index (χ3v) is 2.64. The molecule has 0 spiro atoms. The van der Waals surface area contributed by atoms with E-state index < -0.39 is 17.4 Å². The predicted octanol–water partition coefficient (Wildman–Crippen LogP) is -0.701. The summed E-state index contributed by atoms with van der Waals surface area (Å²) in [6, 6.07) is 0. The number of nitrogens with one attached hydrogen (secondary N) is 2. The smallest absolute Gasteiger partial charge is 0.249 e. The number of nitrogens with zero attached hydrogens (tertiary/aromatic N) is 3. The molecule has 0 aromatic carbocycles. The van der Waals surface area contributed by atoms with Gasteiger partial charge in [-0.3, -0.25) is 9.59 Å². The van der Waals surface area contributed by atoms with Crippen molar-refractivity contribution in [1.82, 2.24) is 10.6 Å². The van der Waals surface area contributed by atoms with Crippen LogP contribution >= 0.6 is 0 Å². The SMILES string of the molecule is CC(C)(CO)C(O)C(=O)NCCC(=O)NCCN=[N+]=[N-]. The van der Waals surface area contributed by atoms with E-state index in [-0.39, 0.29) is 38.6 Å². The van der Waals surface area contributed by atoms with Crippen LogP contribution in [0.25, 0.3) is 10.4 Å². The number of carbonyl (C=O) groups excluding carboxylic acids is 2. The Labute approximate surface area is 117 Å². The summed E-state index contributed by atoms with van der Waals surface area (Å²) in [5.74, 6) is -0.930. The average molecular weight is 287 g/mol. The molecule has 4 N–H and O–H groups in total. The maximum absolute atomic E-state index is 11.6. The van der Waals surface area contributed by atoms with E-state index in [2.05, 4.69) is 20.7 Å². The molecule has 9 heteroatoms. The van der Waals surface area contributed by atoms with Crippen LogP contribution in [-0.2, 0) is 9.59 Å². The van der Waals surface area contributed by atoms with Crippen molar-refractivity contribution in [2.75, 3.05) is 26.2 Å². The lowest BCUT2D eigenvalue weighted by atomic mass is 9.87. The molecule has 1 unspecified atom stereocenters. The third-order valence-electron chi connectivity index (χ3n) is 2.64. The molecule has 0 aliphatic rings. The van der Waals surface area contributed by atoms with Crippen molar-refractivity contribution >= 4 is 11.8 Å². The Bertz CT molecular complexity index is 379. The first-order valence-corrected chi connectivity index (χ1v) is 6.19. The second-order valence-corrected chi connectivity index (χ2v) is 4.89.